The number of hydrogen-bond donors (Lipinski definition) is 1. The first-order chi connectivity index (χ1) is 9.16. The summed E-state index contributed by atoms with van der Waals surface area (Å²) in [4.78, 5) is 1.55. The molecule has 0 bridgehead atoms. The van der Waals surface area contributed by atoms with Gasteiger partial charge in [-0.1, -0.05) is 23.8 Å². The van der Waals surface area contributed by atoms with Crippen LogP contribution < -0.4 is 5.73 Å². The summed E-state index contributed by atoms with van der Waals surface area (Å²) in [5.74, 6) is 0.497. The molecular weight excluding hydrogens is 250 g/mol. The van der Waals surface area contributed by atoms with Crippen molar-refractivity contribution in [2.24, 2.45) is 5.73 Å². The third-order valence-electron chi connectivity index (χ3n) is 4.32. The Morgan fingerprint density at radius 2 is 2.11 bits per heavy atom. The van der Waals surface area contributed by atoms with E-state index in [4.69, 9.17) is 5.73 Å². The topological polar surface area (TPSA) is 26.0 Å². The van der Waals surface area contributed by atoms with Gasteiger partial charge in [0.05, 0.1) is 0 Å². The summed E-state index contributed by atoms with van der Waals surface area (Å²) >= 11 is 1.89. The van der Waals surface area contributed by atoms with E-state index in [-0.39, 0.29) is 6.04 Å². The highest BCUT2D eigenvalue weighted by Gasteiger charge is 2.28. The van der Waals surface area contributed by atoms with E-state index in [0.717, 1.165) is 0 Å². The van der Waals surface area contributed by atoms with Crippen molar-refractivity contribution in [1.82, 2.24) is 0 Å². The summed E-state index contributed by atoms with van der Waals surface area (Å²) in [7, 11) is 0. The Morgan fingerprint density at radius 1 is 1.26 bits per heavy atom. The van der Waals surface area contributed by atoms with E-state index in [0.29, 0.717) is 5.92 Å². The number of rotatable bonds is 2. The fraction of sp³-hybridized carbons (Fsp3) is 0.412. The number of benzene rings is 1. The van der Waals surface area contributed by atoms with Gasteiger partial charge in [-0.2, -0.15) is 0 Å². The normalized spacial score (nSPS) is 20.1. The van der Waals surface area contributed by atoms with Gasteiger partial charge in [0.15, 0.2) is 0 Å². The molecule has 2 atom stereocenters. The van der Waals surface area contributed by atoms with Crippen LogP contribution in [0.2, 0.25) is 0 Å². The fourth-order valence-corrected chi connectivity index (χ4v) is 4.31. The van der Waals surface area contributed by atoms with Gasteiger partial charge in [0.1, 0.15) is 0 Å². The largest absolute Gasteiger partial charge is 0.323 e. The van der Waals surface area contributed by atoms with Gasteiger partial charge in [0.2, 0.25) is 0 Å². The van der Waals surface area contributed by atoms with Crippen LogP contribution in [0.3, 0.4) is 0 Å². The predicted octanol–water partition coefficient (Wildman–Crippen LogP) is 4.48. The zero-order valence-electron chi connectivity index (χ0n) is 11.6. The summed E-state index contributed by atoms with van der Waals surface area (Å²) in [6, 6.07) is 9.06. The zero-order valence-corrected chi connectivity index (χ0v) is 12.5. The van der Waals surface area contributed by atoms with Gasteiger partial charge in [-0.25, -0.2) is 0 Å². The first-order valence-corrected chi connectivity index (χ1v) is 7.94. The van der Waals surface area contributed by atoms with Crippen molar-refractivity contribution < 1.29 is 0 Å². The van der Waals surface area contributed by atoms with Crippen molar-refractivity contribution in [3.63, 3.8) is 0 Å². The van der Waals surface area contributed by atoms with Gasteiger partial charge in [-0.3, -0.25) is 0 Å². The van der Waals surface area contributed by atoms with Gasteiger partial charge in [-0.05, 0) is 61.2 Å². The molecule has 0 aliphatic heterocycles. The summed E-state index contributed by atoms with van der Waals surface area (Å²) in [6.45, 7) is 4.32. The molecule has 3 rings (SSSR count). The van der Waals surface area contributed by atoms with Gasteiger partial charge in [-0.15, -0.1) is 11.3 Å². The van der Waals surface area contributed by atoms with Gasteiger partial charge >= 0.3 is 0 Å². The zero-order chi connectivity index (χ0) is 13.4. The second-order valence-corrected chi connectivity index (χ2v) is 6.68. The number of fused-ring (bicyclic) bond motifs is 1. The minimum atomic E-state index is 0.134. The molecule has 2 heteroatoms. The predicted molar refractivity (Wildman–Crippen MR) is 82.8 cm³/mol. The van der Waals surface area contributed by atoms with E-state index in [9.17, 15) is 0 Å². The molecule has 0 fully saturated rings. The molecule has 2 N–H and O–H groups in total. The highest BCUT2D eigenvalue weighted by atomic mass is 32.1. The van der Waals surface area contributed by atoms with Crippen LogP contribution in [-0.2, 0) is 6.42 Å². The molecule has 1 nitrogen and oxygen atoms in total. The molecule has 2 unspecified atom stereocenters. The Labute approximate surface area is 119 Å². The van der Waals surface area contributed by atoms with Gasteiger partial charge in [0, 0.05) is 16.8 Å². The van der Waals surface area contributed by atoms with Crippen LogP contribution >= 0.6 is 11.3 Å². The molecule has 0 saturated carbocycles. The molecule has 0 radical (unpaired) electrons. The molecule has 0 saturated heterocycles. The lowest BCUT2D eigenvalue weighted by molar-refractivity contribution is 0.477. The van der Waals surface area contributed by atoms with Crippen LogP contribution in [0.15, 0.2) is 29.6 Å². The van der Waals surface area contributed by atoms with Crippen molar-refractivity contribution in [3.05, 3.63) is 56.8 Å². The fourth-order valence-electron chi connectivity index (χ4n) is 3.31. The maximum atomic E-state index is 6.60. The molecule has 1 aromatic carbocycles. The second kappa shape index (κ2) is 5.10. The lowest BCUT2D eigenvalue weighted by Gasteiger charge is -2.29. The minimum Gasteiger partial charge on any atom is -0.323 e. The van der Waals surface area contributed by atoms with E-state index in [1.54, 1.807) is 4.88 Å². The van der Waals surface area contributed by atoms with Gasteiger partial charge < -0.3 is 5.73 Å². The average molecular weight is 271 g/mol. The SMILES string of the molecule is Cc1ccc(C(N)C2CCCc3sccc32)c(C)c1. The third-order valence-corrected chi connectivity index (χ3v) is 5.31. The number of hydrogen-bond acceptors (Lipinski definition) is 2. The van der Waals surface area contributed by atoms with E-state index in [1.807, 2.05) is 11.3 Å². The van der Waals surface area contributed by atoms with Gasteiger partial charge in [0.25, 0.3) is 0 Å². The monoisotopic (exact) mass is 271 g/mol. The van der Waals surface area contributed by atoms with E-state index >= 15 is 0 Å². The molecule has 100 valence electrons. The molecule has 19 heavy (non-hydrogen) atoms. The van der Waals surface area contributed by atoms with Crippen LogP contribution in [0.5, 0.6) is 0 Å². The standard InChI is InChI=1S/C17H21NS/c1-11-6-7-13(12(2)10-11)17(18)15-4-3-5-16-14(15)8-9-19-16/h6-10,15,17H,3-5,18H2,1-2H3. The smallest absolute Gasteiger partial charge is 0.0367 e. The van der Waals surface area contributed by atoms with Crippen molar-refractivity contribution in [1.29, 1.82) is 0 Å². The molecule has 0 amide bonds. The Balaban J connectivity index is 1.95. The highest BCUT2D eigenvalue weighted by Crippen LogP contribution is 2.41. The summed E-state index contributed by atoms with van der Waals surface area (Å²) < 4.78 is 0. The van der Waals surface area contributed by atoms with Crippen LogP contribution in [-0.4, -0.2) is 0 Å². The third kappa shape index (κ3) is 2.35. The van der Waals surface area contributed by atoms with Crippen molar-refractivity contribution >= 4 is 11.3 Å². The Hall–Kier alpha value is -1.12. The van der Waals surface area contributed by atoms with E-state index in [1.165, 1.54) is 41.5 Å². The highest BCUT2D eigenvalue weighted by molar-refractivity contribution is 7.10. The number of aryl methyl sites for hydroxylation is 3. The Bertz CT molecular complexity index is 585. The molecular formula is C17H21NS. The first-order valence-electron chi connectivity index (χ1n) is 7.06. The van der Waals surface area contributed by atoms with Crippen molar-refractivity contribution in [3.8, 4) is 0 Å². The summed E-state index contributed by atoms with van der Waals surface area (Å²) in [5.41, 5.74) is 12.1. The number of nitrogens with two attached hydrogens (primary N) is 1. The Morgan fingerprint density at radius 3 is 2.89 bits per heavy atom. The van der Waals surface area contributed by atoms with Crippen LogP contribution in [0.4, 0.5) is 0 Å². The first kappa shape index (κ1) is 12.9. The molecule has 1 heterocycles. The van der Waals surface area contributed by atoms with Crippen LogP contribution in [0.25, 0.3) is 0 Å². The maximum Gasteiger partial charge on any atom is 0.0367 e. The van der Waals surface area contributed by atoms with Crippen LogP contribution in [0, 0.1) is 13.8 Å². The molecule has 1 aromatic heterocycles. The second-order valence-electron chi connectivity index (χ2n) is 5.68. The number of thiophene rings is 1. The van der Waals surface area contributed by atoms with Crippen molar-refractivity contribution in [2.45, 2.75) is 45.1 Å². The van der Waals surface area contributed by atoms with E-state index < -0.39 is 0 Å². The summed E-state index contributed by atoms with van der Waals surface area (Å²) in [6.07, 6.45) is 3.73. The quantitative estimate of drug-likeness (QED) is 0.856. The van der Waals surface area contributed by atoms with Crippen molar-refractivity contribution in [2.75, 3.05) is 0 Å². The van der Waals surface area contributed by atoms with Crippen LogP contribution in [0.1, 0.15) is 51.9 Å². The van der Waals surface area contributed by atoms with E-state index in [2.05, 4.69) is 43.5 Å². The average Bonchev–Trinajstić information content (AvgIpc) is 2.86. The summed E-state index contributed by atoms with van der Waals surface area (Å²) in [5, 5.41) is 2.22. The molecule has 1 aliphatic carbocycles. The molecule has 1 aliphatic rings. The maximum absolute atomic E-state index is 6.60. The molecule has 0 spiro atoms. The lowest BCUT2D eigenvalue weighted by Crippen LogP contribution is -2.23. The lowest BCUT2D eigenvalue weighted by atomic mass is 9.79. The minimum absolute atomic E-state index is 0.134. The Kier molecular flexibility index (Phi) is 3.46. The molecule has 2 aromatic rings.